The zero-order valence-corrected chi connectivity index (χ0v) is 9.99. The smallest absolute Gasteiger partial charge is 0.213 e. The molecule has 2 aromatic heterocycles. The lowest BCUT2D eigenvalue weighted by molar-refractivity contribution is 0.399. The van der Waals surface area contributed by atoms with Gasteiger partial charge in [0.25, 0.3) is 0 Å². The van der Waals surface area contributed by atoms with E-state index < -0.39 is 0 Å². The van der Waals surface area contributed by atoms with Crippen molar-refractivity contribution < 1.29 is 4.74 Å². The van der Waals surface area contributed by atoms with Gasteiger partial charge >= 0.3 is 0 Å². The number of methoxy groups -OCH3 is 1. The maximum absolute atomic E-state index is 5.13. The standard InChI is InChI=1S/C13H17N3O/c1-17-13-5-4-11-12(16-13)8-10(15-11)7-9-3-2-6-14-9/h4-5,8-9,14-15H,2-3,6-7H2,1H3/t9-/m1/s1. The highest BCUT2D eigenvalue weighted by Gasteiger charge is 2.15. The highest BCUT2D eigenvalue weighted by Crippen LogP contribution is 2.19. The third-order valence-corrected chi connectivity index (χ3v) is 3.34. The van der Waals surface area contributed by atoms with Gasteiger partial charge < -0.3 is 15.0 Å². The molecule has 1 aliphatic rings. The van der Waals surface area contributed by atoms with Crippen LogP contribution in [0.3, 0.4) is 0 Å². The van der Waals surface area contributed by atoms with Crippen LogP contribution < -0.4 is 10.1 Å². The van der Waals surface area contributed by atoms with Gasteiger partial charge in [-0.1, -0.05) is 0 Å². The second-order valence-electron chi connectivity index (χ2n) is 4.58. The van der Waals surface area contributed by atoms with E-state index in [1.54, 1.807) is 7.11 Å². The Morgan fingerprint density at radius 2 is 2.41 bits per heavy atom. The first kappa shape index (κ1) is 10.6. The fourth-order valence-electron chi connectivity index (χ4n) is 2.47. The molecule has 90 valence electrons. The van der Waals surface area contributed by atoms with Gasteiger partial charge in [0.2, 0.25) is 5.88 Å². The molecule has 0 amide bonds. The zero-order valence-electron chi connectivity index (χ0n) is 9.99. The lowest BCUT2D eigenvalue weighted by Gasteiger charge is -2.07. The minimum absolute atomic E-state index is 0.616. The van der Waals surface area contributed by atoms with Crippen LogP contribution in [-0.4, -0.2) is 29.7 Å². The molecule has 3 heterocycles. The molecule has 0 spiro atoms. The number of hydrogen-bond donors (Lipinski definition) is 2. The average molecular weight is 231 g/mol. The van der Waals surface area contributed by atoms with E-state index in [4.69, 9.17) is 4.74 Å². The van der Waals surface area contributed by atoms with Crippen LogP contribution in [0.2, 0.25) is 0 Å². The van der Waals surface area contributed by atoms with E-state index in [2.05, 4.69) is 21.4 Å². The number of fused-ring (bicyclic) bond motifs is 1. The van der Waals surface area contributed by atoms with Gasteiger partial charge in [-0.25, -0.2) is 4.98 Å². The van der Waals surface area contributed by atoms with Crippen LogP contribution in [0.4, 0.5) is 0 Å². The molecule has 2 N–H and O–H groups in total. The minimum Gasteiger partial charge on any atom is -0.481 e. The van der Waals surface area contributed by atoms with E-state index in [9.17, 15) is 0 Å². The van der Waals surface area contributed by atoms with E-state index in [-0.39, 0.29) is 0 Å². The molecular formula is C13H17N3O. The van der Waals surface area contributed by atoms with E-state index >= 15 is 0 Å². The SMILES string of the molecule is COc1ccc2[nH]c(C[C@H]3CCCN3)cc2n1. The summed E-state index contributed by atoms with van der Waals surface area (Å²) in [5, 5.41) is 3.51. The molecule has 17 heavy (non-hydrogen) atoms. The van der Waals surface area contributed by atoms with Gasteiger partial charge in [-0.15, -0.1) is 0 Å². The van der Waals surface area contributed by atoms with Crippen LogP contribution in [-0.2, 0) is 6.42 Å². The topological polar surface area (TPSA) is 49.9 Å². The second kappa shape index (κ2) is 4.37. The van der Waals surface area contributed by atoms with Crippen molar-refractivity contribution in [2.45, 2.75) is 25.3 Å². The molecule has 4 nitrogen and oxygen atoms in total. The highest BCUT2D eigenvalue weighted by molar-refractivity contribution is 5.76. The molecule has 1 saturated heterocycles. The van der Waals surface area contributed by atoms with E-state index in [1.165, 1.54) is 18.5 Å². The molecular weight excluding hydrogens is 214 g/mol. The number of pyridine rings is 1. The quantitative estimate of drug-likeness (QED) is 0.847. The van der Waals surface area contributed by atoms with Crippen molar-refractivity contribution in [1.29, 1.82) is 0 Å². The molecule has 1 aliphatic heterocycles. The van der Waals surface area contributed by atoms with Crippen molar-refractivity contribution in [3.8, 4) is 5.88 Å². The van der Waals surface area contributed by atoms with Crippen LogP contribution in [0.25, 0.3) is 11.0 Å². The van der Waals surface area contributed by atoms with Gasteiger partial charge in [-0.05, 0) is 31.5 Å². The third kappa shape index (κ3) is 2.13. The summed E-state index contributed by atoms with van der Waals surface area (Å²) in [6.45, 7) is 1.15. The number of rotatable bonds is 3. The summed E-state index contributed by atoms with van der Waals surface area (Å²) in [4.78, 5) is 7.83. The van der Waals surface area contributed by atoms with Crippen LogP contribution >= 0.6 is 0 Å². The lowest BCUT2D eigenvalue weighted by atomic mass is 10.1. The fourth-order valence-corrected chi connectivity index (χ4v) is 2.47. The Bertz CT molecular complexity index is 514. The van der Waals surface area contributed by atoms with Crippen LogP contribution in [0, 0.1) is 0 Å². The van der Waals surface area contributed by atoms with Gasteiger partial charge in [-0.3, -0.25) is 0 Å². The average Bonchev–Trinajstić information content (AvgIpc) is 2.96. The summed E-state index contributed by atoms with van der Waals surface area (Å²) in [5.41, 5.74) is 3.32. The van der Waals surface area contributed by atoms with Gasteiger partial charge in [0.05, 0.1) is 18.1 Å². The number of H-pyrrole nitrogens is 1. The number of nitrogens with one attached hydrogen (secondary N) is 2. The van der Waals surface area contributed by atoms with Crippen molar-refractivity contribution in [2.24, 2.45) is 0 Å². The number of aromatic nitrogens is 2. The molecule has 2 aromatic rings. The van der Waals surface area contributed by atoms with Gasteiger partial charge in [0, 0.05) is 24.2 Å². The van der Waals surface area contributed by atoms with Crippen LogP contribution in [0.5, 0.6) is 5.88 Å². The molecule has 0 bridgehead atoms. The summed E-state index contributed by atoms with van der Waals surface area (Å²) < 4.78 is 5.13. The molecule has 4 heteroatoms. The molecule has 0 unspecified atom stereocenters. The molecule has 0 aliphatic carbocycles. The first-order chi connectivity index (χ1) is 8.35. The number of aromatic amines is 1. The maximum atomic E-state index is 5.13. The second-order valence-corrected chi connectivity index (χ2v) is 4.58. The summed E-state index contributed by atoms with van der Waals surface area (Å²) in [6, 6.07) is 6.64. The Kier molecular flexibility index (Phi) is 2.73. The Morgan fingerprint density at radius 3 is 3.18 bits per heavy atom. The van der Waals surface area contributed by atoms with Gasteiger partial charge in [-0.2, -0.15) is 0 Å². The molecule has 0 saturated carbocycles. The third-order valence-electron chi connectivity index (χ3n) is 3.34. The summed E-state index contributed by atoms with van der Waals surface area (Å²) in [5.74, 6) is 0.669. The predicted molar refractivity (Wildman–Crippen MR) is 67.4 cm³/mol. The van der Waals surface area contributed by atoms with Crippen molar-refractivity contribution in [2.75, 3.05) is 13.7 Å². The van der Waals surface area contributed by atoms with E-state index in [1.807, 2.05) is 12.1 Å². The molecule has 3 rings (SSSR count). The van der Waals surface area contributed by atoms with Crippen LogP contribution in [0.1, 0.15) is 18.5 Å². The van der Waals surface area contributed by atoms with Crippen LogP contribution in [0.15, 0.2) is 18.2 Å². The van der Waals surface area contributed by atoms with E-state index in [0.29, 0.717) is 11.9 Å². The van der Waals surface area contributed by atoms with Crippen molar-refractivity contribution in [3.63, 3.8) is 0 Å². The summed E-state index contributed by atoms with van der Waals surface area (Å²) in [7, 11) is 1.64. The Balaban J connectivity index is 1.85. The molecule has 0 aromatic carbocycles. The number of hydrogen-bond acceptors (Lipinski definition) is 3. The van der Waals surface area contributed by atoms with Crippen molar-refractivity contribution >= 4 is 11.0 Å². The largest absolute Gasteiger partial charge is 0.481 e. The minimum atomic E-state index is 0.616. The zero-order chi connectivity index (χ0) is 11.7. The van der Waals surface area contributed by atoms with E-state index in [0.717, 1.165) is 24.0 Å². The van der Waals surface area contributed by atoms with Gasteiger partial charge in [0.15, 0.2) is 0 Å². The Morgan fingerprint density at radius 1 is 1.47 bits per heavy atom. The first-order valence-corrected chi connectivity index (χ1v) is 6.11. The summed E-state index contributed by atoms with van der Waals surface area (Å²) >= 11 is 0. The molecule has 0 radical (unpaired) electrons. The fraction of sp³-hybridized carbons (Fsp3) is 0.462. The first-order valence-electron chi connectivity index (χ1n) is 6.11. The highest BCUT2D eigenvalue weighted by atomic mass is 16.5. The van der Waals surface area contributed by atoms with Crippen molar-refractivity contribution in [3.05, 3.63) is 23.9 Å². The maximum Gasteiger partial charge on any atom is 0.213 e. The number of nitrogens with zero attached hydrogens (tertiary/aromatic N) is 1. The molecule has 1 fully saturated rings. The monoisotopic (exact) mass is 231 g/mol. The predicted octanol–water partition coefficient (Wildman–Crippen LogP) is 1.87. The molecule has 1 atom stereocenters. The number of ether oxygens (including phenoxy) is 1. The summed E-state index contributed by atoms with van der Waals surface area (Å²) in [6.07, 6.45) is 3.61. The van der Waals surface area contributed by atoms with Gasteiger partial charge in [0.1, 0.15) is 0 Å². The Hall–Kier alpha value is -1.55. The van der Waals surface area contributed by atoms with Crippen molar-refractivity contribution in [1.82, 2.24) is 15.3 Å². The lowest BCUT2D eigenvalue weighted by Crippen LogP contribution is -2.23. The Labute approximate surface area is 100 Å². The normalized spacial score (nSPS) is 19.9.